The molecule has 96 valence electrons. The van der Waals surface area contributed by atoms with Gasteiger partial charge in [-0.25, -0.2) is 0 Å². The van der Waals surface area contributed by atoms with E-state index in [0.29, 0.717) is 19.6 Å². The molecule has 0 aliphatic heterocycles. The summed E-state index contributed by atoms with van der Waals surface area (Å²) in [5.41, 5.74) is 0. The zero-order valence-electron chi connectivity index (χ0n) is 10.7. The van der Waals surface area contributed by atoms with Crippen molar-refractivity contribution in [2.45, 2.75) is 40.2 Å². The van der Waals surface area contributed by atoms with E-state index in [1.165, 1.54) is 6.92 Å². The van der Waals surface area contributed by atoms with Crippen LogP contribution in [0.4, 0.5) is 0 Å². The molecule has 5 nitrogen and oxygen atoms in total. The van der Waals surface area contributed by atoms with Crippen LogP contribution in [0.25, 0.3) is 0 Å². The molecule has 0 saturated heterocycles. The number of esters is 2. The summed E-state index contributed by atoms with van der Waals surface area (Å²) < 4.78 is 14.0. The summed E-state index contributed by atoms with van der Waals surface area (Å²) in [6.07, 6.45) is 0.348. The van der Waals surface area contributed by atoms with Gasteiger partial charge in [-0.2, -0.15) is 0 Å². The summed E-state index contributed by atoms with van der Waals surface area (Å²) in [5, 5.41) is 0. The highest BCUT2D eigenvalue weighted by Gasteiger charge is 2.02. The third-order valence-corrected chi connectivity index (χ3v) is 1.36. The van der Waals surface area contributed by atoms with Crippen molar-refractivity contribution in [3.8, 4) is 0 Å². The first kappa shape index (κ1) is 17.3. The first-order valence-corrected chi connectivity index (χ1v) is 5.29. The van der Waals surface area contributed by atoms with E-state index in [1.807, 2.05) is 0 Å². The zero-order valence-corrected chi connectivity index (χ0v) is 10.7. The molecular formula is C11H22O5. The predicted octanol–water partition coefficient (Wildman–Crippen LogP) is 1.54. The van der Waals surface area contributed by atoms with Gasteiger partial charge in [0.25, 0.3) is 0 Å². The van der Waals surface area contributed by atoms with E-state index in [2.05, 4.69) is 4.74 Å². The molecule has 0 spiro atoms. The molecule has 1 atom stereocenters. The van der Waals surface area contributed by atoms with Gasteiger partial charge in [0.15, 0.2) is 0 Å². The fraction of sp³-hybridized carbons (Fsp3) is 0.818. The average molecular weight is 234 g/mol. The highest BCUT2D eigenvalue weighted by Crippen LogP contribution is 1.90. The number of hydrogen-bond acceptors (Lipinski definition) is 5. The molecule has 0 rings (SSSR count). The fourth-order valence-corrected chi connectivity index (χ4v) is 0.815. The summed E-state index contributed by atoms with van der Waals surface area (Å²) in [6.45, 7) is 7.69. The Labute approximate surface area is 97.1 Å². The van der Waals surface area contributed by atoms with Gasteiger partial charge in [0.2, 0.25) is 0 Å². The Bertz CT molecular complexity index is 191. The van der Waals surface area contributed by atoms with Crippen LogP contribution in [0.5, 0.6) is 0 Å². The van der Waals surface area contributed by atoms with Crippen LogP contribution >= 0.6 is 0 Å². The summed E-state index contributed by atoms with van der Waals surface area (Å²) >= 11 is 0. The first-order valence-electron chi connectivity index (χ1n) is 5.29. The molecule has 0 aromatic carbocycles. The number of carbonyl (C=O) groups is 2. The van der Waals surface area contributed by atoms with Gasteiger partial charge >= 0.3 is 11.9 Å². The smallest absolute Gasteiger partial charge is 0.305 e. The normalized spacial score (nSPS) is 10.8. The molecule has 0 aliphatic carbocycles. The van der Waals surface area contributed by atoms with Crippen LogP contribution < -0.4 is 0 Å². The molecule has 0 aliphatic rings. The molecule has 5 heteroatoms. The topological polar surface area (TPSA) is 61.8 Å². The molecule has 0 saturated carbocycles. The van der Waals surface area contributed by atoms with Crippen LogP contribution in [0.1, 0.15) is 34.1 Å². The molecule has 0 aromatic rings. The lowest BCUT2D eigenvalue weighted by Gasteiger charge is -2.08. The number of rotatable bonds is 5. The van der Waals surface area contributed by atoms with Gasteiger partial charge in [-0.15, -0.1) is 0 Å². The maximum Gasteiger partial charge on any atom is 0.305 e. The van der Waals surface area contributed by atoms with Crippen LogP contribution in [-0.4, -0.2) is 38.4 Å². The van der Waals surface area contributed by atoms with Crippen LogP contribution in [-0.2, 0) is 23.8 Å². The lowest BCUT2D eigenvalue weighted by Crippen LogP contribution is -2.17. The van der Waals surface area contributed by atoms with Gasteiger partial charge in [0.05, 0.1) is 13.2 Å². The Morgan fingerprint density at radius 1 is 1.25 bits per heavy atom. The Kier molecular flexibility index (Phi) is 12.9. The number of carbonyl (C=O) groups excluding carboxylic acids is 2. The van der Waals surface area contributed by atoms with Crippen molar-refractivity contribution in [2.24, 2.45) is 0 Å². The maximum atomic E-state index is 10.3. The molecule has 0 N–H and O–H groups in total. The van der Waals surface area contributed by atoms with Gasteiger partial charge in [-0.3, -0.25) is 9.59 Å². The van der Waals surface area contributed by atoms with Gasteiger partial charge in [0.1, 0.15) is 6.10 Å². The summed E-state index contributed by atoms with van der Waals surface area (Å²) in [6, 6.07) is 0. The SMILES string of the molecule is CCOC(=O)CC.COCC(C)OC(C)=O. The Balaban J connectivity index is 0. The minimum Gasteiger partial charge on any atom is -0.466 e. The number of ether oxygens (including phenoxy) is 3. The van der Waals surface area contributed by atoms with Crippen molar-refractivity contribution in [1.29, 1.82) is 0 Å². The monoisotopic (exact) mass is 234 g/mol. The largest absolute Gasteiger partial charge is 0.466 e. The average Bonchev–Trinajstić information content (AvgIpc) is 2.18. The van der Waals surface area contributed by atoms with Gasteiger partial charge in [-0.1, -0.05) is 6.92 Å². The van der Waals surface area contributed by atoms with Crippen molar-refractivity contribution >= 4 is 11.9 Å². The molecule has 0 amide bonds. The van der Waals surface area contributed by atoms with Crippen molar-refractivity contribution in [3.05, 3.63) is 0 Å². The van der Waals surface area contributed by atoms with Gasteiger partial charge in [0, 0.05) is 20.5 Å². The summed E-state index contributed by atoms with van der Waals surface area (Å²) in [7, 11) is 1.57. The van der Waals surface area contributed by atoms with E-state index in [1.54, 1.807) is 27.9 Å². The van der Waals surface area contributed by atoms with Crippen LogP contribution in [0.2, 0.25) is 0 Å². The molecule has 0 aromatic heterocycles. The molecule has 0 bridgehead atoms. The lowest BCUT2D eigenvalue weighted by molar-refractivity contribution is -0.147. The van der Waals surface area contributed by atoms with Crippen molar-refractivity contribution in [1.82, 2.24) is 0 Å². The second-order valence-electron chi connectivity index (χ2n) is 3.03. The number of hydrogen-bond donors (Lipinski definition) is 0. The van der Waals surface area contributed by atoms with Crippen molar-refractivity contribution < 1.29 is 23.8 Å². The van der Waals surface area contributed by atoms with Gasteiger partial charge < -0.3 is 14.2 Å². The zero-order chi connectivity index (χ0) is 13.0. The second-order valence-corrected chi connectivity index (χ2v) is 3.03. The fourth-order valence-electron chi connectivity index (χ4n) is 0.815. The Hall–Kier alpha value is -1.10. The van der Waals surface area contributed by atoms with E-state index in [0.717, 1.165) is 0 Å². The standard InChI is InChI=1S/C6H12O3.C5H10O2/c1-5(4-8-3)9-6(2)7;1-3-5(6)7-4-2/h5H,4H2,1-3H3;3-4H2,1-2H3. The first-order chi connectivity index (χ1) is 7.47. The molecule has 16 heavy (non-hydrogen) atoms. The Morgan fingerprint density at radius 2 is 1.81 bits per heavy atom. The van der Waals surface area contributed by atoms with Crippen LogP contribution in [0.3, 0.4) is 0 Å². The predicted molar refractivity (Wildman–Crippen MR) is 60.0 cm³/mol. The molecule has 1 unspecified atom stereocenters. The highest BCUT2D eigenvalue weighted by molar-refractivity contribution is 5.68. The van der Waals surface area contributed by atoms with Crippen LogP contribution in [0.15, 0.2) is 0 Å². The molecule has 0 radical (unpaired) electrons. The van der Waals surface area contributed by atoms with Crippen molar-refractivity contribution in [3.63, 3.8) is 0 Å². The summed E-state index contributed by atoms with van der Waals surface area (Å²) in [5.74, 6) is -0.387. The quantitative estimate of drug-likeness (QED) is 0.675. The minimum absolute atomic E-state index is 0.123. The highest BCUT2D eigenvalue weighted by atomic mass is 16.6. The number of methoxy groups -OCH3 is 1. The van der Waals surface area contributed by atoms with Crippen molar-refractivity contribution in [2.75, 3.05) is 20.3 Å². The van der Waals surface area contributed by atoms with E-state index in [9.17, 15) is 9.59 Å². The lowest BCUT2D eigenvalue weighted by atomic mass is 10.4. The van der Waals surface area contributed by atoms with E-state index >= 15 is 0 Å². The Morgan fingerprint density at radius 3 is 2.06 bits per heavy atom. The third-order valence-electron chi connectivity index (χ3n) is 1.36. The van der Waals surface area contributed by atoms with E-state index < -0.39 is 0 Å². The molecular weight excluding hydrogens is 212 g/mol. The molecule has 0 heterocycles. The van der Waals surface area contributed by atoms with Crippen LogP contribution in [0, 0.1) is 0 Å². The second kappa shape index (κ2) is 12.0. The molecule has 0 fully saturated rings. The summed E-state index contributed by atoms with van der Waals surface area (Å²) in [4.78, 5) is 20.4. The van der Waals surface area contributed by atoms with E-state index in [-0.39, 0.29) is 18.0 Å². The van der Waals surface area contributed by atoms with Gasteiger partial charge in [-0.05, 0) is 13.8 Å². The minimum atomic E-state index is -0.264. The third kappa shape index (κ3) is 15.4. The van der Waals surface area contributed by atoms with E-state index in [4.69, 9.17) is 9.47 Å². The maximum absolute atomic E-state index is 10.3.